The third-order valence-corrected chi connectivity index (χ3v) is 7.16. The fourth-order valence-electron chi connectivity index (χ4n) is 4.97. The van der Waals surface area contributed by atoms with E-state index < -0.39 is 0 Å². The number of ether oxygens (including phenoxy) is 1. The fourth-order valence-corrected chi connectivity index (χ4v) is 5.15. The van der Waals surface area contributed by atoms with Gasteiger partial charge in [-0.25, -0.2) is 10.5 Å². The van der Waals surface area contributed by atoms with Gasteiger partial charge in [0, 0.05) is 35.0 Å². The van der Waals surface area contributed by atoms with Gasteiger partial charge in [-0.2, -0.15) is 4.68 Å². The van der Waals surface area contributed by atoms with Crippen LogP contribution < -0.4 is 11.0 Å². The number of H-pyrrole nitrogens is 1. The zero-order valence-corrected chi connectivity index (χ0v) is 22.7. The maximum Gasteiger partial charge on any atom is 0.274 e. The first-order valence-electron chi connectivity index (χ1n) is 12.9. The molecule has 1 aliphatic heterocycles. The lowest BCUT2D eigenvalue weighted by Gasteiger charge is -2.15. The highest BCUT2D eigenvalue weighted by Crippen LogP contribution is 2.34. The van der Waals surface area contributed by atoms with Crippen LogP contribution in [0.3, 0.4) is 0 Å². The van der Waals surface area contributed by atoms with Gasteiger partial charge in [-0.05, 0) is 70.8 Å². The molecule has 0 saturated heterocycles. The van der Waals surface area contributed by atoms with E-state index in [-0.39, 0.29) is 24.1 Å². The molecule has 0 spiro atoms. The summed E-state index contributed by atoms with van der Waals surface area (Å²) in [6.07, 6.45) is 4.67. The monoisotopic (exact) mass is 572 g/mol. The predicted molar refractivity (Wildman–Crippen MR) is 150 cm³/mol. The summed E-state index contributed by atoms with van der Waals surface area (Å²) in [5, 5.41) is 12.0. The second kappa shape index (κ2) is 11.5. The first-order chi connectivity index (χ1) is 20.0. The Kier molecular flexibility index (Phi) is 7.42. The Bertz CT molecular complexity index is 1750. The molecule has 4 heterocycles. The smallest absolute Gasteiger partial charge is 0.274 e. The predicted octanol–water partition coefficient (Wildman–Crippen LogP) is 3.38. The Morgan fingerprint density at radius 1 is 1.12 bits per heavy atom. The molecule has 41 heavy (non-hydrogen) atoms. The number of nitrogens with zero attached hydrogens (tertiary/aromatic N) is 6. The van der Waals surface area contributed by atoms with Crippen LogP contribution in [-0.4, -0.2) is 61.0 Å². The Morgan fingerprint density at radius 3 is 2.76 bits per heavy atom. The minimum Gasteiger partial charge on any atom is -0.382 e. The summed E-state index contributed by atoms with van der Waals surface area (Å²) in [7, 11) is 1.56. The molecule has 0 unspecified atom stereocenters. The number of pyridine rings is 1. The van der Waals surface area contributed by atoms with Gasteiger partial charge in [-0.1, -0.05) is 23.7 Å². The van der Waals surface area contributed by atoms with Gasteiger partial charge >= 0.3 is 0 Å². The van der Waals surface area contributed by atoms with Crippen molar-refractivity contribution in [3.05, 3.63) is 99.6 Å². The lowest BCUT2D eigenvalue weighted by atomic mass is 10.0. The van der Waals surface area contributed by atoms with Crippen LogP contribution in [0.5, 0.6) is 0 Å². The van der Waals surface area contributed by atoms with E-state index in [2.05, 4.69) is 31.0 Å². The zero-order chi connectivity index (χ0) is 28.3. The van der Waals surface area contributed by atoms with E-state index >= 15 is 0 Å². The van der Waals surface area contributed by atoms with Crippen molar-refractivity contribution < 1.29 is 14.4 Å². The van der Waals surface area contributed by atoms with Gasteiger partial charge in [0.1, 0.15) is 12.2 Å². The molecule has 0 radical (unpaired) electrons. The Balaban J connectivity index is 1.23. The van der Waals surface area contributed by atoms with Gasteiger partial charge in [0.25, 0.3) is 11.5 Å². The second-order valence-electron chi connectivity index (χ2n) is 9.45. The molecule has 1 atom stereocenters. The van der Waals surface area contributed by atoms with E-state index in [0.29, 0.717) is 29.4 Å². The molecule has 6 rings (SSSR count). The number of aromatic nitrogens is 7. The van der Waals surface area contributed by atoms with E-state index in [1.54, 1.807) is 52.9 Å². The summed E-state index contributed by atoms with van der Waals surface area (Å²) in [5.41, 5.74) is 7.47. The minimum absolute atomic E-state index is 0.135. The average Bonchev–Trinajstić information content (AvgIpc) is 3.76. The molecule has 3 aromatic heterocycles. The zero-order valence-electron chi connectivity index (χ0n) is 22.0. The van der Waals surface area contributed by atoms with Crippen molar-refractivity contribution in [3.63, 3.8) is 0 Å². The van der Waals surface area contributed by atoms with Crippen LogP contribution in [0.25, 0.3) is 28.1 Å². The first kappa shape index (κ1) is 26.6. The standard InChI is InChI=1S/C28H25ClN8O4/c1-40-10-11-41-33-28(39)18-4-2-17(3-5-18)23-15-30-27(32-23)25-9-7-21-12-19(13-26(38)37(21)25)22-14-20(29)6-8-24(22)36-16-31-34-35-36/h2-6,8,12-16,25H,7,9-11H2,1H3,(H,30,32)(H,33,39)/t25-/m0/s1. The van der Waals surface area contributed by atoms with Crippen molar-refractivity contribution in [2.45, 2.75) is 18.9 Å². The number of methoxy groups -OCH3 is 1. The van der Waals surface area contributed by atoms with Crippen LogP contribution in [0.4, 0.5) is 0 Å². The van der Waals surface area contributed by atoms with Gasteiger partial charge in [0.2, 0.25) is 0 Å². The molecule has 2 aromatic carbocycles. The number of hydroxylamine groups is 1. The third-order valence-electron chi connectivity index (χ3n) is 6.92. The molecule has 5 aromatic rings. The summed E-state index contributed by atoms with van der Waals surface area (Å²) < 4.78 is 8.21. The number of nitrogens with one attached hydrogen (secondary N) is 2. The van der Waals surface area contributed by atoms with Gasteiger partial charge < -0.3 is 14.3 Å². The highest BCUT2D eigenvalue weighted by molar-refractivity contribution is 6.31. The molecule has 0 fully saturated rings. The number of amides is 1. The number of benzene rings is 2. The minimum atomic E-state index is -0.345. The van der Waals surface area contributed by atoms with Crippen molar-refractivity contribution in [3.8, 4) is 28.1 Å². The normalized spacial score (nSPS) is 14.2. The second-order valence-corrected chi connectivity index (χ2v) is 9.88. The van der Waals surface area contributed by atoms with Crippen LogP contribution in [-0.2, 0) is 16.0 Å². The number of carbonyl (C=O) groups is 1. The number of rotatable bonds is 9. The molecule has 0 aliphatic carbocycles. The van der Waals surface area contributed by atoms with Crippen molar-refractivity contribution in [2.75, 3.05) is 20.3 Å². The van der Waals surface area contributed by atoms with Crippen LogP contribution in [0.2, 0.25) is 5.02 Å². The van der Waals surface area contributed by atoms with Crippen LogP contribution >= 0.6 is 11.6 Å². The first-order valence-corrected chi connectivity index (χ1v) is 13.2. The van der Waals surface area contributed by atoms with Crippen molar-refractivity contribution >= 4 is 17.5 Å². The van der Waals surface area contributed by atoms with Gasteiger partial charge in [-0.3, -0.25) is 14.4 Å². The number of aryl methyl sites for hydroxylation is 1. The Morgan fingerprint density at radius 2 is 1.98 bits per heavy atom. The fraction of sp³-hybridized carbons (Fsp3) is 0.214. The summed E-state index contributed by atoms with van der Waals surface area (Å²) in [6.45, 7) is 0.638. The number of aromatic amines is 1. The highest BCUT2D eigenvalue weighted by Gasteiger charge is 2.28. The SMILES string of the molecule is COCCONC(=O)c1ccc(-c2cnc([C@@H]3CCc4cc(-c5cc(Cl)ccc5-n5cnnn5)cc(=O)n43)[nH]2)cc1. The number of hydrogen-bond acceptors (Lipinski definition) is 8. The summed E-state index contributed by atoms with van der Waals surface area (Å²) in [4.78, 5) is 38.7. The molecule has 1 aliphatic rings. The van der Waals surface area contributed by atoms with Crippen molar-refractivity contribution in [1.82, 2.24) is 40.2 Å². The highest BCUT2D eigenvalue weighted by atomic mass is 35.5. The number of imidazole rings is 1. The third kappa shape index (κ3) is 5.40. The maximum atomic E-state index is 13.4. The molecule has 208 valence electrons. The largest absolute Gasteiger partial charge is 0.382 e. The van der Waals surface area contributed by atoms with E-state index in [1.165, 1.54) is 6.33 Å². The molecule has 0 bridgehead atoms. The van der Waals surface area contributed by atoms with Crippen molar-refractivity contribution in [2.24, 2.45) is 0 Å². The summed E-state index contributed by atoms with van der Waals surface area (Å²) >= 11 is 6.31. The quantitative estimate of drug-likeness (QED) is 0.202. The summed E-state index contributed by atoms with van der Waals surface area (Å²) in [5.74, 6) is 0.348. The van der Waals surface area contributed by atoms with Crippen molar-refractivity contribution in [1.29, 1.82) is 0 Å². The maximum absolute atomic E-state index is 13.4. The molecule has 13 heteroatoms. The summed E-state index contributed by atoms with van der Waals surface area (Å²) in [6, 6.07) is 15.8. The number of fused-ring (bicyclic) bond motifs is 1. The number of tetrazole rings is 1. The Hall–Kier alpha value is -4.65. The van der Waals surface area contributed by atoms with Gasteiger partial charge in [0.05, 0.1) is 36.8 Å². The van der Waals surface area contributed by atoms with E-state index in [4.69, 9.17) is 21.2 Å². The van der Waals surface area contributed by atoms with Crippen LogP contribution in [0.15, 0.2) is 71.9 Å². The number of carbonyl (C=O) groups excluding carboxylic acids is 1. The van der Waals surface area contributed by atoms with Gasteiger partial charge in [-0.15, -0.1) is 5.10 Å². The molecule has 12 nitrogen and oxygen atoms in total. The van der Waals surface area contributed by atoms with E-state index in [1.807, 2.05) is 24.3 Å². The van der Waals surface area contributed by atoms with Crippen LogP contribution in [0, 0.1) is 0 Å². The number of halogens is 1. The lowest BCUT2D eigenvalue weighted by molar-refractivity contribution is 0.00889. The topological polar surface area (TPSA) is 142 Å². The average molecular weight is 573 g/mol. The molecule has 0 saturated carbocycles. The van der Waals surface area contributed by atoms with Crippen LogP contribution in [0.1, 0.15) is 34.3 Å². The lowest BCUT2D eigenvalue weighted by Crippen LogP contribution is -2.25. The number of hydrogen-bond donors (Lipinski definition) is 2. The molecule has 1 amide bonds. The van der Waals surface area contributed by atoms with Gasteiger partial charge in [0.15, 0.2) is 0 Å². The Labute approximate surface area is 238 Å². The van der Waals surface area contributed by atoms with E-state index in [0.717, 1.165) is 40.2 Å². The van der Waals surface area contributed by atoms with E-state index in [9.17, 15) is 9.59 Å². The molecular formula is C28H25ClN8O4. The molecular weight excluding hydrogens is 548 g/mol. The molecule has 2 N–H and O–H groups in total.